The largest absolute Gasteiger partial charge is 0.493 e. The van der Waals surface area contributed by atoms with Crippen molar-refractivity contribution in [2.24, 2.45) is 0 Å². The quantitative estimate of drug-likeness (QED) is 0.212. The highest BCUT2D eigenvalue weighted by molar-refractivity contribution is 9.10. The first-order valence-electron chi connectivity index (χ1n) is 11.7. The van der Waals surface area contributed by atoms with Crippen molar-refractivity contribution in [1.29, 1.82) is 0 Å². The van der Waals surface area contributed by atoms with Crippen molar-refractivity contribution in [2.75, 3.05) is 7.11 Å². The van der Waals surface area contributed by atoms with Crippen LogP contribution in [-0.4, -0.2) is 23.2 Å². The molecule has 7 heteroatoms. The van der Waals surface area contributed by atoms with Crippen LogP contribution in [0.1, 0.15) is 22.3 Å². The zero-order valence-corrected chi connectivity index (χ0v) is 22.8. The normalized spacial score (nSPS) is 14.6. The molecule has 1 fully saturated rings. The molecule has 186 valence electrons. The third-order valence-corrected chi connectivity index (χ3v) is 7.76. The Morgan fingerprint density at radius 2 is 1.68 bits per heavy atom. The highest BCUT2D eigenvalue weighted by Crippen LogP contribution is 2.40. The van der Waals surface area contributed by atoms with Gasteiger partial charge in [0.1, 0.15) is 6.61 Å². The molecule has 1 heterocycles. The van der Waals surface area contributed by atoms with E-state index >= 15 is 0 Å². The Morgan fingerprint density at radius 3 is 2.49 bits per heavy atom. The summed E-state index contributed by atoms with van der Waals surface area (Å²) in [7, 11) is 1.57. The zero-order valence-electron chi connectivity index (χ0n) is 20.4. The summed E-state index contributed by atoms with van der Waals surface area (Å²) in [4.78, 5) is 27.7. The Bertz CT molecular complexity index is 1540. The van der Waals surface area contributed by atoms with Gasteiger partial charge in [-0.3, -0.25) is 14.5 Å². The monoisotopic (exact) mass is 573 g/mol. The Hall–Kier alpha value is -3.55. The van der Waals surface area contributed by atoms with E-state index in [-0.39, 0.29) is 17.7 Å². The van der Waals surface area contributed by atoms with E-state index in [1.165, 1.54) is 4.90 Å². The lowest BCUT2D eigenvalue weighted by Gasteiger charge is -2.15. The van der Waals surface area contributed by atoms with Gasteiger partial charge < -0.3 is 9.47 Å². The van der Waals surface area contributed by atoms with Crippen LogP contribution in [0.15, 0.2) is 88.2 Å². The number of amides is 2. The molecule has 1 aliphatic heterocycles. The molecule has 0 saturated carbocycles. The van der Waals surface area contributed by atoms with E-state index in [2.05, 4.69) is 15.9 Å². The topological polar surface area (TPSA) is 55.8 Å². The van der Waals surface area contributed by atoms with Crippen molar-refractivity contribution in [2.45, 2.75) is 20.1 Å². The predicted octanol–water partition coefficient (Wildman–Crippen LogP) is 7.73. The number of carbonyl (C=O) groups excluding carboxylic acids is 2. The molecule has 5 rings (SSSR count). The van der Waals surface area contributed by atoms with Gasteiger partial charge in [0.15, 0.2) is 11.5 Å². The maximum absolute atomic E-state index is 13.2. The van der Waals surface area contributed by atoms with Gasteiger partial charge in [-0.15, -0.1) is 0 Å². The average molecular weight is 574 g/mol. The molecule has 1 saturated heterocycles. The van der Waals surface area contributed by atoms with Crippen molar-refractivity contribution in [3.63, 3.8) is 0 Å². The first kappa shape index (κ1) is 25.1. The number of hydrogen-bond acceptors (Lipinski definition) is 5. The second-order valence-electron chi connectivity index (χ2n) is 8.66. The number of aryl methyl sites for hydroxylation is 1. The molecule has 4 aromatic carbocycles. The Labute approximate surface area is 228 Å². The molecule has 0 spiro atoms. The first-order chi connectivity index (χ1) is 17.9. The average Bonchev–Trinajstić information content (AvgIpc) is 3.16. The van der Waals surface area contributed by atoms with Crippen LogP contribution < -0.4 is 9.47 Å². The SMILES string of the molecule is COc1cc(/C=C2\SC(=O)N(Cc3cccc4ccccc34)C2=O)cc(Br)c1OCc1ccccc1C. The Kier molecular flexibility index (Phi) is 7.35. The number of methoxy groups -OCH3 is 1. The molecule has 0 aromatic heterocycles. The first-order valence-corrected chi connectivity index (χ1v) is 13.3. The van der Waals surface area contributed by atoms with Gasteiger partial charge in [-0.05, 0) is 85.9 Å². The molecular weight excluding hydrogens is 550 g/mol. The number of halogens is 1. The minimum Gasteiger partial charge on any atom is -0.493 e. The molecule has 0 bridgehead atoms. The summed E-state index contributed by atoms with van der Waals surface area (Å²) in [6, 6.07) is 25.6. The summed E-state index contributed by atoms with van der Waals surface area (Å²) in [5, 5.41) is 1.82. The molecule has 0 radical (unpaired) electrons. The molecule has 0 atom stereocenters. The molecule has 1 aliphatic rings. The number of thioether (sulfide) groups is 1. The fraction of sp³-hybridized carbons (Fsp3) is 0.133. The third kappa shape index (κ3) is 5.29. The third-order valence-electron chi connectivity index (χ3n) is 6.26. The summed E-state index contributed by atoms with van der Waals surface area (Å²) < 4.78 is 12.4. The molecule has 5 nitrogen and oxygen atoms in total. The number of carbonyl (C=O) groups is 2. The summed E-state index contributed by atoms with van der Waals surface area (Å²) in [5.74, 6) is 0.800. The summed E-state index contributed by atoms with van der Waals surface area (Å²) >= 11 is 4.53. The van der Waals surface area contributed by atoms with Gasteiger partial charge in [0.25, 0.3) is 11.1 Å². The lowest BCUT2D eigenvalue weighted by molar-refractivity contribution is -0.123. The number of imide groups is 1. The molecule has 2 amide bonds. The predicted molar refractivity (Wildman–Crippen MR) is 152 cm³/mol. The fourth-order valence-corrected chi connectivity index (χ4v) is 5.69. The van der Waals surface area contributed by atoms with Crippen molar-refractivity contribution < 1.29 is 19.1 Å². The number of hydrogen-bond donors (Lipinski definition) is 0. The lowest BCUT2D eigenvalue weighted by atomic mass is 10.0. The van der Waals surface area contributed by atoms with Gasteiger partial charge in [0.05, 0.1) is 23.0 Å². The van der Waals surface area contributed by atoms with Gasteiger partial charge >= 0.3 is 0 Å². The minimum atomic E-state index is -0.307. The van der Waals surface area contributed by atoms with E-state index < -0.39 is 0 Å². The zero-order chi connectivity index (χ0) is 25.9. The van der Waals surface area contributed by atoms with Crippen LogP contribution in [0.3, 0.4) is 0 Å². The van der Waals surface area contributed by atoms with E-state index in [9.17, 15) is 9.59 Å². The number of fused-ring (bicyclic) bond motifs is 1. The highest BCUT2D eigenvalue weighted by atomic mass is 79.9. The maximum Gasteiger partial charge on any atom is 0.293 e. The van der Waals surface area contributed by atoms with Crippen LogP contribution in [0.2, 0.25) is 0 Å². The lowest BCUT2D eigenvalue weighted by Crippen LogP contribution is -2.27. The summed E-state index contributed by atoms with van der Waals surface area (Å²) in [5.41, 5.74) is 3.89. The van der Waals surface area contributed by atoms with E-state index in [1.54, 1.807) is 19.3 Å². The van der Waals surface area contributed by atoms with Crippen molar-refractivity contribution in [1.82, 2.24) is 4.90 Å². The second kappa shape index (κ2) is 10.8. The molecule has 0 N–H and O–H groups in total. The van der Waals surface area contributed by atoms with Crippen LogP contribution in [0.4, 0.5) is 4.79 Å². The van der Waals surface area contributed by atoms with Gasteiger partial charge in [-0.1, -0.05) is 66.7 Å². The van der Waals surface area contributed by atoms with Gasteiger partial charge in [-0.2, -0.15) is 0 Å². The van der Waals surface area contributed by atoms with E-state index in [0.29, 0.717) is 27.5 Å². The van der Waals surface area contributed by atoms with E-state index in [0.717, 1.165) is 44.8 Å². The molecular formula is C30H24BrNO4S. The van der Waals surface area contributed by atoms with Crippen molar-refractivity contribution in [3.05, 3.63) is 110 Å². The maximum atomic E-state index is 13.2. The number of rotatable bonds is 7. The van der Waals surface area contributed by atoms with Crippen LogP contribution in [-0.2, 0) is 17.9 Å². The van der Waals surface area contributed by atoms with Crippen LogP contribution in [0, 0.1) is 6.92 Å². The number of nitrogens with zero attached hydrogens (tertiary/aromatic N) is 1. The molecule has 37 heavy (non-hydrogen) atoms. The molecule has 4 aromatic rings. The van der Waals surface area contributed by atoms with Crippen molar-refractivity contribution in [3.8, 4) is 11.5 Å². The highest BCUT2D eigenvalue weighted by Gasteiger charge is 2.35. The summed E-state index contributed by atoms with van der Waals surface area (Å²) in [6.45, 7) is 2.66. The van der Waals surface area contributed by atoms with E-state index in [1.807, 2.05) is 79.7 Å². The van der Waals surface area contributed by atoms with Crippen LogP contribution >= 0.6 is 27.7 Å². The minimum absolute atomic E-state index is 0.224. The van der Waals surface area contributed by atoms with Crippen LogP contribution in [0.25, 0.3) is 16.8 Å². The number of benzene rings is 4. The van der Waals surface area contributed by atoms with Crippen molar-refractivity contribution >= 4 is 55.7 Å². The summed E-state index contributed by atoms with van der Waals surface area (Å²) in [6.07, 6.45) is 1.71. The van der Waals surface area contributed by atoms with Gasteiger partial charge in [0, 0.05) is 0 Å². The number of ether oxygens (including phenoxy) is 2. The smallest absolute Gasteiger partial charge is 0.293 e. The van der Waals surface area contributed by atoms with Gasteiger partial charge in [-0.25, -0.2) is 0 Å². The second-order valence-corrected chi connectivity index (χ2v) is 10.5. The standard InChI is InChI=1S/C30H24BrNO4S/c1-19-8-3-4-10-23(19)18-36-28-25(31)14-20(15-26(28)35-2)16-27-29(33)32(30(34)37-27)17-22-12-7-11-21-9-5-6-13-24(21)22/h3-16H,17-18H2,1-2H3/b27-16-. The van der Waals surface area contributed by atoms with E-state index in [4.69, 9.17) is 9.47 Å². The Balaban J connectivity index is 1.37. The molecule has 0 aliphatic carbocycles. The van der Waals surface area contributed by atoms with Gasteiger partial charge in [0.2, 0.25) is 0 Å². The fourth-order valence-electron chi connectivity index (χ4n) is 4.27. The van der Waals surface area contributed by atoms with Crippen LogP contribution in [0.5, 0.6) is 11.5 Å². The Morgan fingerprint density at radius 1 is 0.946 bits per heavy atom. The molecule has 0 unspecified atom stereocenters.